The van der Waals surface area contributed by atoms with Crippen LogP contribution >= 0.6 is 11.6 Å². The molecule has 0 saturated carbocycles. The van der Waals surface area contributed by atoms with Gasteiger partial charge in [-0.2, -0.15) is 0 Å². The van der Waals surface area contributed by atoms with Gasteiger partial charge in [0.25, 0.3) is 0 Å². The zero-order chi connectivity index (χ0) is 12.0. The van der Waals surface area contributed by atoms with Gasteiger partial charge in [0.05, 0.1) is 13.2 Å². The van der Waals surface area contributed by atoms with Crippen molar-refractivity contribution in [2.75, 3.05) is 6.54 Å². The van der Waals surface area contributed by atoms with E-state index in [1.54, 1.807) is 18.2 Å². The normalized spacial score (nSPS) is 9.19. The zero-order valence-electron chi connectivity index (χ0n) is 8.88. The molecule has 4 heteroatoms. The van der Waals surface area contributed by atoms with Crippen molar-refractivity contribution in [1.82, 2.24) is 5.32 Å². The van der Waals surface area contributed by atoms with Crippen LogP contribution in [0.2, 0.25) is 5.02 Å². The molecule has 0 unspecified atom stereocenters. The second-order valence-electron chi connectivity index (χ2n) is 3.18. The van der Waals surface area contributed by atoms with Gasteiger partial charge in [0.1, 0.15) is 0 Å². The van der Waals surface area contributed by atoms with E-state index in [1.807, 2.05) is 0 Å². The number of hydrogen-bond acceptors (Lipinski definition) is 2. The first kappa shape index (κ1) is 12.6. The van der Waals surface area contributed by atoms with E-state index in [9.17, 15) is 4.79 Å². The average molecular weight is 238 g/mol. The fourth-order valence-electron chi connectivity index (χ4n) is 1.09. The van der Waals surface area contributed by atoms with Crippen LogP contribution in [0.25, 0.3) is 0 Å². The summed E-state index contributed by atoms with van der Waals surface area (Å²) in [4.78, 5) is 10.6. The highest BCUT2D eigenvalue weighted by atomic mass is 35.5. The second kappa shape index (κ2) is 6.16. The maximum Gasteiger partial charge on any atom is 0.217 e. The molecule has 0 aliphatic rings. The summed E-state index contributed by atoms with van der Waals surface area (Å²) in [6.07, 6.45) is 0. The molecule has 0 radical (unpaired) electrons. The second-order valence-corrected chi connectivity index (χ2v) is 3.58. The Balaban J connectivity index is 2.70. The molecule has 0 bridgehead atoms. The fourth-order valence-corrected chi connectivity index (χ4v) is 1.27. The lowest BCUT2D eigenvalue weighted by molar-refractivity contribution is -0.118. The Hall–Kier alpha value is -1.50. The van der Waals surface area contributed by atoms with Crippen LogP contribution in [-0.2, 0) is 11.4 Å². The molecule has 0 atom stereocenters. The Labute approximate surface area is 99.4 Å². The summed E-state index contributed by atoms with van der Waals surface area (Å²) < 4.78 is 0. The third-order valence-corrected chi connectivity index (χ3v) is 2.24. The van der Waals surface area contributed by atoms with Crippen LogP contribution in [0.5, 0.6) is 0 Å². The van der Waals surface area contributed by atoms with Gasteiger partial charge in [-0.3, -0.25) is 4.79 Å². The predicted octanol–water partition coefficient (Wildman–Crippen LogP) is 1.32. The Morgan fingerprint density at radius 1 is 1.56 bits per heavy atom. The number of halogens is 1. The van der Waals surface area contributed by atoms with Gasteiger partial charge in [-0.05, 0) is 23.8 Å². The molecule has 1 aromatic rings. The van der Waals surface area contributed by atoms with E-state index < -0.39 is 0 Å². The standard InChI is InChI=1S/C12H12ClNO2/c1-9(16)14-6-2-3-10-4-5-12(13)11(7-10)8-15/h4-5,7,15H,6,8H2,1H3,(H,14,16). The number of aliphatic hydroxyl groups is 1. The molecule has 3 nitrogen and oxygen atoms in total. The SMILES string of the molecule is CC(=O)NCC#Cc1ccc(Cl)c(CO)c1. The van der Waals surface area contributed by atoms with Gasteiger partial charge >= 0.3 is 0 Å². The molecule has 84 valence electrons. The Kier molecular flexibility index (Phi) is 4.84. The molecule has 0 aliphatic carbocycles. The molecule has 1 rings (SSSR count). The molecular weight excluding hydrogens is 226 g/mol. The van der Waals surface area contributed by atoms with Crippen LogP contribution in [0.1, 0.15) is 18.1 Å². The first-order valence-corrected chi connectivity index (χ1v) is 5.14. The molecule has 1 amide bonds. The summed E-state index contributed by atoms with van der Waals surface area (Å²) in [7, 11) is 0. The lowest BCUT2D eigenvalue weighted by Crippen LogP contribution is -2.19. The first-order chi connectivity index (χ1) is 7.63. The van der Waals surface area contributed by atoms with Crippen LogP contribution in [0.4, 0.5) is 0 Å². The highest BCUT2D eigenvalue weighted by molar-refractivity contribution is 6.31. The van der Waals surface area contributed by atoms with Crippen molar-refractivity contribution in [2.45, 2.75) is 13.5 Å². The zero-order valence-corrected chi connectivity index (χ0v) is 9.64. The molecule has 0 spiro atoms. The van der Waals surface area contributed by atoms with E-state index in [4.69, 9.17) is 16.7 Å². The van der Waals surface area contributed by atoms with Gasteiger partial charge in [-0.1, -0.05) is 23.4 Å². The minimum atomic E-state index is -0.111. The van der Waals surface area contributed by atoms with Gasteiger partial charge in [-0.15, -0.1) is 0 Å². The maximum absolute atomic E-state index is 10.6. The lowest BCUT2D eigenvalue weighted by Gasteiger charge is -2.00. The summed E-state index contributed by atoms with van der Waals surface area (Å²) in [5.74, 6) is 5.55. The fraction of sp³-hybridized carbons (Fsp3) is 0.250. The number of rotatable bonds is 2. The van der Waals surface area contributed by atoms with Gasteiger partial charge in [-0.25, -0.2) is 0 Å². The van der Waals surface area contributed by atoms with Crippen molar-refractivity contribution >= 4 is 17.5 Å². The number of hydrogen-bond donors (Lipinski definition) is 2. The Bertz CT molecular complexity index is 446. The van der Waals surface area contributed by atoms with Crippen LogP contribution in [0.15, 0.2) is 18.2 Å². The number of amides is 1. The molecular formula is C12H12ClNO2. The largest absolute Gasteiger partial charge is 0.392 e. The third-order valence-electron chi connectivity index (χ3n) is 1.87. The van der Waals surface area contributed by atoms with E-state index in [2.05, 4.69) is 17.2 Å². The summed E-state index contributed by atoms with van der Waals surface area (Å²) in [5.41, 5.74) is 1.41. The minimum absolute atomic E-state index is 0.110. The molecule has 0 heterocycles. The van der Waals surface area contributed by atoms with Gasteiger partial charge in [0.15, 0.2) is 0 Å². The summed E-state index contributed by atoms with van der Waals surface area (Å²) >= 11 is 5.83. The van der Waals surface area contributed by atoms with Crippen molar-refractivity contribution < 1.29 is 9.90 Å². The summed E-state index contributed by atoms with van der Waals surface area (Å²) in [6.45, 7) is 1.64. The van der Waals surface area contributed by atoms with E-state index >= 15 is 0 Å². The summed E-state index contributed by atoms with van der Waals surface area (Å²) in [5, 5.41) is 12.1. The van der Waals surface area contributed by atoms with Gasteiger partial charge in [0, 0.05) is 17.5 Å². The van der Waals surface area contributed by atoms with E-state index in [-0.39, 0.29) is 12.5 Å². The number of aliphatic hydroxyl groups excluding tert-OH is 1. The Morgan fingerprint density at radius 3 is 2.94 bits per heavy atom. The highest BCUT2D eigenvalue weighted by Gasteiger charge is 1.98. The van der Waals surface area contributed by atoms with Crippen LogP contribution in [0.3, 0.4) is 0 Å². The van der Waals surface area contributed by atoms with Crippen molar-refractivity contribution in [3.8, 4) is 11.8 Å². The van der Waals surface area contributed by atoms with Gasteiger partial charge < -0.3 is 10.4 Å². The van der Waals surface area contributed by atoms with Crippen molar-refractivity contribution in [3.63, 3.8) is 0 Å². The number of carbonyl (C=O) groups is 1. The van der Waals surface area contributed by atoms with Crippen LogP contribution in [0, 0.1) is 11.8 Å². The molecule has 1 aromatic carbocycles. The smallest absolute Gasteiger partial charge is 0.217 e. The monoisotopic (exact) mass is 237 g/mol. The molecule has 0 aliphatic heterocycles. The van der Waals surface area contributed by atoms with Crippen LogP contribution in [-0.4, -0.2) is 17.6 Å². The molecule has 2 N–H and O–H groups in total. The first-order valence-electron chi connectivity index (χ1n) is 4.76. The molecule has 0 aromatic heterocycles. The number of nitrogens with one attached hydrogen (secondary N) is 1. The maximum atomic E-state index is 10.6. The van der Waals surface area contributed by atoms with Crippen molar-refractivity contribution in [1.29, 1.82) is 0 Å². The lowest BCUT2D eigenvalue weighted by atomic mass is 10.1. The van der Waals surface area contributed by atoms with E-state index in [0.29, 0.717) is 17.1 Å². The van der Waals surface area contributed by atoms with Crippen LogP contribution < -0.4 is 5.32 Å². The quantitative estimate of drug-likeness (QED) is 0.763. The molecule has 0 saturated heterocycles. The minimum Gasteiger partial charge on any atom is -0.392 e. The number of benzene rings is 1. The van der Waals surface area contributed by atoms with Crippen molar-refractivity contribution in [3.05, 3.63) is 34.3 Å². The number of carbonyl (C=O) groups excluding carboxylic acids is 1. The Morgan fingerprint density at radius 2 is 2.31 bits per heavy atom. The summed E-state index contributed by atoms with van der Waals surface area (Å²) in [6, 6.07) is 5.18. The van der Waals surface area contributed by atoms with Crippen molar-refractivity contribution in [2.24, 2.45) is 0 Å². The predicted molar refractivity (Wildman–Crippen MR) is 62.9 cm³/mol. The average Bonchev–Trinajstić information content (AvgIpc) is 2.26. The van der Waals surface area contributed by atoms with E-state index in [0.717, 1.165) is 5.56 Å². The topological polar surface area (TPSA) is 49.3 Å². The van der Waals surface area contributed by atoms with E-state index in [1.165, 1.54) is 6.92 Å². The third kappa shape index (κ3) is 3.93. The molecule has 0 fully saturated rings. The van der Waals surface area contributed by atoms with Gasteiger partial charge in [0.2, 0.25) is 5.91 Å². The highest BCUT2D eigenvalue weighted by Crippen LogP contribution is 2.16. The molecule has 16 heavy (non-hydrogen) atoms.